The van der Waals surface area contributed by atoms with Crippen molar-refractivity contribution in [3.63, 3.8) is 0 Å². The first-order valence-corrected chi connectivity index (χ1v) is 6.21. The highest BCUT2D eigenvalue weighted by atomic mass is 14.2. The predicted molar refractivity (Wildman–Crippen MR) is 61.5 cm³/mol. The van der Waals surface area contributed by atoms with Gasteiger partial charge in [-0.2, -0.15) is 0 Å². The summed E-state index contributed by atoms with van der Waals surface area (Å²) in [5.41, 5.74) is 0. The molecule has 2 saturated heterocycles. The van der Waals surface area contributed by atoms with E-state index in [1.165, 1.54) is 51.4 Å². The Hall–Kier alpha value is 0.0649. The standard InChI is InChI=1S/C8H14B.C4H10/c1-3-7-5-2-6-8(4-1)9-7;1-3-4-2/h7-8H,1-6H2;3-4H2,1-2H3. The maximum absolute atomic E-state index is 2.62. The van der Waals surface area contributed by atoms with Crippen molar-refractivity contribution in [2.75, 3.05) is 0 Å². The molecule has 0 nitrogen and oxygen atoms in total. The largest absolute Gasteiger partial charge is 0.117 e. The zero-order chi connectivity index (χ0) is 9.52. The Kier molecular flexibility index (Phi) is 5.58. The molecule has 0 saturated carbocycles. The Morgan fingerprint density at radius 2 is 1.23 bits per heavy atom. The minimum absolute atomic E-state index is 1.03. The molecule has 0 spiro atoms. The first-order chi connectivity index (χ1) is 6.36. The Balaban J connectivity index is 0.000000184. The van der Waals surface area contributed by atoms with Crippen LogP contribution in [0.25, 0.3) is 0 Å². The maximum atomic E-state index is 2.62. The van der Waals surface area contributed by atoms with E-state index in [-0.39, 0.29) is 0 Å². The Bertz CT molecular complexity index is 100. The van der Waals surface area contributed by atoms with Crippen LogP contribution in [-0.4, -0.2) is 7.28 Å². The van der Waals surface area contributed by atoms with Crippen molar-refractivity contribution in [1.82, 2.24) is 0 Å². The molecule has 0 aromatic rings. The fourth-order valence-corrected chi connectivity index (χ4v) is 2.34. The summed E-state index contributed by atoms with van der Waals surface area (Å²) in [5, 5.41) is 0. The molecular formula is C12H24B. The molecule has 0 aromatic heterocycles. The van der Waals surface area contributed by atoms with Crippen LogP contribution in [0.3, 0.4) is 0 Å². The molecule has 13 heavy (non-hydrogen) atoms. The lowest BCUT2D eigenvalue weighted by Gasteiger charge is -2.33. The monoisotopic (exact) mass is 179 g/mol. The molecule has 1 heteroatoms. The number of fused-ring (bicyclic) bond motifs is 2. The summed E-state index contributed by atoms with van der Waals surface area (Å²) in [6.07, 6.45) is 11.6. The zero-order valence-electron chi connectivity index (χ0n) is 9.39. The van der Waals surface area contributed by atoms with Gasteiger partial charge in [-0.15, -0.1) is 0 Å². The van der Waals surface area contributed by atoms with Crippen molar-refractivity contribution in [3.8, 4) is 0 Å². The summed E-state index contributed by atoms with van der Waals surface area (Å²) < 4.78 is 0. The lowest BCUT2D eigenvalue weighted by Crippen LogP contribution is -2.21. The van der Waals surface area contributed by atoms with Gasteiger partial charge in [-0.3, -0.25) is 0 Å². The van der Waals surface area contributed by atoms with Crippen molar-refractivity contribution in [2.24, 2.45) is 0 Å². The predicted octanol–water partition coefficient (Wildman–Crippen LogP) is 4.44. The SMILES string of the molecule is CCCC.[B]1C2CCCC1CCC2. The highest BCUT2D eigenvalue weighted by Crippen LogP contribution is 2.40. The van der Waals surface area contributed by atoms with Gasteiger partial charge in [0.2, 0.25) is 0 Å². The average Bonchev–Trinajstić information content (AvgIpc) is 2.19. The molecule has 0 unspecified atom stereocenters. The quantitative estimate of drug-likeness (QED) is 0.522. The summed E-state index contributed by atoms with van der Waals surface area (Å²) in [7, 11) is 2.62. The molecule has 2 bridgehead atoms. The second kappa shape index (κ2) is 6.51. The van der Waals surface area contributed by atoms with Crippen LogP contribution in [0.2, 0.25) is 11.6 Å². The van der Waals surface area contributed by atoms with Gasteiger partial charge in [0.15, 0.2) is 0 Å². The van der Waals surface area contributed by atoms with Crippen LogP contribution in [0.5, 0.6) is 0 Å². The average molecular weight is 179 g/mol. The van der Waals surface area contributed by atoms with Gasteiger partial charge in [-0.1, -0.05) is 76.8 Å². The summed E-state index contributed by atoms with van der Waals surface area (Å²) in [6, 6.07) is 0. The van der Waals surface area contributed by atoms with E-state index < -0.39 is 0 Å². The number of unbranched alkanes of at least 4 members (excludes halogenated alkanes) is 1. The van der Waals surface area contributed by atoms with E-state index >= 15 is 0 Å². The molecule has 0 aliphatic carbocycles. The smallest absolute Gasteiger partial charge is 0.0686 e. The molecule has 2 aliphatic heterocycles. The van der Waals surface area contributed by atoms with Crippen LogP contribution >= 0.6 is 0 Å². The van der Waals surface area contributed by atoms with Crippen molar-refractivity contribution in [2.45, 2.75) is 76.8 Å². The molecule has 0 N–H and O–H groups in total. The van der Waals surface area contributed by atoms with Crippen LogP contribution in [0.15, 0.2) is 0 Å². The van der Waals surface area contributed by atoms with Gasteiger partial charge in [0.1, 0.15) is 7.28 Å². The van der Waals surface area contributed by atoms with Crippen molar-refractivity contribution in [3.05, 3.63) is 0 Å². The van der Waals surface area contributed by atoms with E-state index in [0.29, 0.717) is 0 Å². The first-order valence-electron chi connectivity index (χ1n) is 6.21. The van der Waals surface area contributed by atoms with E-state index in [2.05, 4.69) is 21.1 Å². The highest BCUT2D eigenvalue weighted by molar-refractivity contribution is 6.40. The summed E-state index contributed by atoms with van der Waals surface area (Å²) in [6.45, 7) is 4.36. The molecule has 75 valence electrons. The van der Waals surface area contributed by atoms with Gasteiger partial charge < -0.3 is 0 Å². The van der Waals surface area contributed by atoms with Crippen molar-refractivity contribution < 1.29 is 0 Å². The third kappa shape index (κ3) is 4.20. The molecule has 1 radical (unpaired) electrons. The van der Waals surface area contributed by atoms with E-state index in [0.717, 1.165) is 11.6 Å². The van der Waals surface area contributed by atoms with Gasteiger partial charge in [0.05, 0.1) is 0 Å². The lowest BCUT2D eigenvalue weighted by molar-refractivity contribution is 0.455. The fraction of sp³-hybridized carbons (Fsp3) is 1.00. The van der Waals surface area contributed by atoms with E-state index in [1.54, 1.807) is 0 Å². The van der Waals surface area contributed by atoms with Gasteiger partial charge in [-0.25, -0.2) is 0 Å². The van der Waals surface area contributed by atoms with Crippen LogP contribution < -0.4 is 0 Å². The maximum Gasteiger partial charge on any atom is 0.117 e. The Morgan fingerprint density at radius 1 is 0.846 bits per heavy atom. The summed E-state index contributed by atoms with van der Waals surface area (Å²) in [4.78, 5) is 0. The van der Waals surface area contributed by atoms with Crippen LogP contribution in [-0.2, 0) is 0 Å². The second-order valence-electron chi connectivity index (χ2n) is 4.57. The fourth-order valence-electron chi connectivity index (χ4n) is 2.34. The Labute approximate surface area is 84.7 Å². The summed E-state index contributed by atoms with van der Waals surface area (Å²) in [5.74, 6) is 2.05. The number of rotatable bonds is 1. The molecule has 2 fully saturated rings. The van der Waals surface area contributed by atoms with Gasteiger partial charge >= 0.3 is 0 Å². The summed E-state index contributed by atoms with van der Waals surface area (Å²) >= 11 is 0. The van der Waals surface area contributed by atoms with Gasteiger partial charge in [-0.05, 0) is 0 Å². The van der Waals surface area contributed by atoms with Crippen molar-refractivity contribution >= 4 is 7.28 Å². The van der Waals surface area contributed by atoms with Crippen LogP contribution in [0.1, 0.15) is 65.2 Å². The van der Waals surface area contributed by atoms with Crippen LogP contribution in [0, 0.1) is 0 Å². The normalized spacial score (nSPS) is 31.2. The van der Waals surface area contributed by atoms with Crippen LogP contribution in [0.4, 0.5) is 0 Å². The molecule has 0 atom stereocenters. The molecular weight excluding hydrogens is 155 g/mol. The first kappa shape index (κ1) is 11.1. The van der Waals surface area contributed by atoms with E-state index in [9.17, 15) is 0 Å². The molecule has 2 rings (SSSR count). The minimum Gasteiger partial charge on any atom is -0.0686 e. The number of hydrogen-bond donors (Lipinski definition) is 0. The van der Waals surface area contributed by atoms with Crippen molar-refractivity contribution in [1.29, 1.82) is 0 Å². The van der Waals surface area contributed by atoms with E-state index in [4.69, 9.17) is 0 Å². The van der Waals surface area contributed by atoms with E-state index in [1.807, 2.05) is 0 Å². The number of hydrogen-bond acceptors (Lipinski definition) is 0. The molecule has 2 aliphatic rings. The highest BCUT2D eigenvalue weighted by Gasteiger charge is 2.26. The topological polar surface area (TPSA) is 0 Å². The van der Waals surface area contributed by atoms with Gasteiger partial charge in [0, 0.05) is 0 Å². The molecule has 0 aromatic carbocycles. The minimum atomic E-state index is 1.03. The molecule has 2 heterocycles. The lowest BCUT2D eigenvalue weighted by atomic mass is 9.44. The van der Waals surface area contributed by atoms with Gasteiger partial charge in [0.25, 0.3) is 0 Å². The third-order valence-corrected chi connectivity index (χ3v) is 3.34. The third-order valence-electron chi connectivity index (χ3n) is 3.34. The zero-order valence-corrected chi connectivity index (χ0v) is 9.39. The molecule has 0 amide bonds. The Morgan fingerprint density at radius 3 is 1.46 bits per heavy atom. The second-order valence-corrected chi connectivity index (χ2v) is 4.57.